The standard InChI is InChI=1S/C16H17N3O3/c20-16(21)15(11-12-5-9-22-10-6-12)13-1-3-14(4-2-13)19-8-7-17-18-19/h1-4,7-8,11-12H,5-6,9-10H2,(H,20,21)/b15-11+. The smallest absolute Gasteiger partial charge is 0.335 e. The number of aliphatic carboxylic acids is 1. The van der Waals surface area contributed by atoms with Crippen LogP contribution < -0.4 is 0 Å². The van der Waals surface area contributed by atoms with Gasteiger partial charge in [-0.15, -0.1) is 5.10 Å². The Morgan fingerprint density at radius 1 is 1.27 bits per heavy atom. The fourth-order valence-corrected chi connectivity index (χ4v) is 2.55. The zero-order chi connectivity index (χ0) is 15.4. The molecule has 0 aliphatic carbocycles. The van der Waals surface area contributed by atoms with E-state index in [9.17, 15) is 9.90 Å². The Morgan fingerprint density at radius 3 is 2.59 bits per heavy atom. The van der Waals surface area contributed by atoms with Crippen molar-refractivity contribution >= 4 is 11.5 Å². The molecule has 0 radical (unpaired) electrons. The van der Waals surface area contributed by atoms with Gasteiger partial charge >= 0.3 is 5.97 Å². The van der Waals surface area contributed by atoms with E-state index in [0.29, 0.717) is 24.4 Å². The van der Waals surface area contributed by atoms with Crippen molar-refractivity contribution in [1.29, 1.82) is 0 Å². The van der Waals surface area contributed by atoms with E-state index < -0.39 is 5.97 Å². The van der Waals surface area contributed by atoms with Gasteiger partial charge in [-0.3, -0.25) is 0 Å². The lowest BCUT2D eigenvalue weighted by atomic mass is 9.94. The number of nitrogens with zero attached hydrogens (tertiary/aromatic N) is 3. The van der Waals surface area contributed by atoms with E-state index in [-0.39, 0.29) is 5.92 Å². The molecule has 1 aromatic heterocycles. The van der Waals surface area contributed by atoms with E-state index in [4.69, 9.17) is 4.74 Å². The molecule has 114 valence electrons. The highest BCUT2D eigenvalue weighted by Crippen LogP contribution is 2.24. The molecule has 1 N–H and O–H groups in total. The average Bonchev–Trinajstić information content (AvgIpc) is 3.08. The molecule has 1 saturated heterocycles. The van der Waals surface area contributed by atoms with Gasteiger partial charge in [-0.1, -0.05) is 23.4 Å². The molecule has 0 unspecified atom stereocenters. The molecular weight excluding hydrogens is 282 g/mol. The number of aromatic nitrogens is 3. The van der Waals surface area contributed by atoms with Crippen molar-refractivity contribution in [3.8, 4) is 5.69 Å². The second-order valence-corrected chi connectivity index (χ2v) is 5.23. The first-order valence-electron chi connectivity index (χ1n) is 7.24. The van der Waals surface area contributed by atoms with Crippen molar-refractivity contribution < 1.29 is 14.6 Å². The summed E-state index contributed by atoms with van der Waals surface area (Å²) in [5.74, 6) is -0.644. The number of carbonyl (C=O) groups is 1. The molecule has 6 heteroatoms. The third kappa shape index (κ3) is 3.23. The van der Waals surface area contributed by atoms with Crippen molar-refractivity contribution in [3.05, 3.63) is 48.3 Å². The number of ether oxygens (including phenoxy) is 1. The van der Waals surface area contributed by atoms with Crippen LogP contribution in [0.3, 0.4) is 0 Å². The van der Waals surface area contributed by atoms with E-state index >= 15 is 0 Å². The van der Waals surface area contributed by atoms with Crippen molar-refractivity contribution in [2.24, 2.45) is 5.92 Å². The van der Waals surface area contributed by atoms with Gasteiger partial charge in [0.05, 0.1) is 23.7 Å². The second-order valence-electron chi connectivity index (χ2n) is 5.23. The minimum Gasteiger partial charge on any atom is -0.478 e. The van der Waals surface area contributed by atoms with Crippen LogP contribution in [-0.2, 0) is 9.53 Å². The van der Waals surface area contributed by atoms with Gasteiger partial charge in [0, 0.05) is 13.2 Å². The van der Waals surface area contributed by atoms with Crippen molar-refractivity contribution in [1.82, 2.24) is 15.0 Å². The molecule has 0 saturated carbocycles. The molecule has 1 aromatic carbocycles. The lowest BCUT2D eigenvalue weighted by molar-refractivity contribution is -0.130. The van der Waals surface area contributed by atoms with Crippen molar-refractivity contribution in [3.63, 3.8) is 0 Å². The summed E-state index contributed by atoms with van der Waals surface area (Å²) in [5.41, 5.74) is 1.89. The Hall–Kier alpha value is -2.47. The maximum Gasteiger partial charge on any atom is 0.335 e. The second kappa shape index (κ2) is 6.53. The van der Waals surface area contributed by atoms with Crippen LogP contribution >= 0.6 is 0 Å². The molecule has 0 spiro atoms. The number of hydrogen-bond donors (Lipinski definition) is 1. The molecule has 22 heavy (non-hydrogen) atoms. The Bertz CT molecular complexity index is 656. The normalized spacial score (nSPS) is 16.6. The van der Waals surface area contributed by atoms with Crippen LogP contribution in [0.25, 0.3) is 11.3 Å². The zero-order valence-electron chi connectivity index (χ0n) is 12.1. The summed E-state index contributed by atoms with van der Waals surface area (Å²) >= 11 is 0. The minimum atomic E-state index is -0.903. The minimum absolute atomic E-state index is 0.259. The fourth-order valence-electron chi connectivity index (χ4n) is 2.55. The maximum atomic E-state index is 11.6. The lowest BCUT2D eigenvalue weighted by Gasteiger charge is -2.19. The van der Waals surface area contributed by atoms with Gasteiger partial charge in [0.25, 0.3) is 0 Å². The van der Waals surface area contributed by atoms with Crippen LogP contribution in [0.2, 0.25) is 0 Å². The van der Waals surface area contributed by atoms with E-state index in [0.717, 1.165) is 18.5 Å². The third-order valence-corrected chi connectivity index (χ3v) is 3.76. The Morgan fingerprint density at radius 2 is 2.00 bits per heavy atom. The molecule has 2 aromatic rings. The quantitative estimate of drug-likeness (QED) is 0.875. The van der Waals surface area contributed by atoms with Gasteiger partial charge in [0.1, 0.15) is 0 Å². The summed E-state index contributed by atoms with van der Waals surface area (Å²) in [4.78, 5) is 11.6. The van der Waals surface area contributed by atoms with Gasteiger partial charge in [-0.25, -0.2) is 9.48 Å². The molecule has 0 bridgehead atoms. The number of rotatable bonds is 4. The topological polar surface area (TPSA) is 77.2 Å². The molecule has 1 aliphatic rings. The molecule has 0 atom stereocenters. The summed E-state index contributed by atoms with van der Waals surface area (Å²) in [6.07, 6.45) is 6.93. The van der Waals surface area contributed by atoms with Crippen molar-refractivity contribution in [2.75, 3.05) is 13.2 Å². The number of allylic oxidation sites excluding steroid dienone is 1. The first-order valence-corrected chi connectivity index (χ1v) is 7.24. The van der Waals surface area contributed by atoms with Gasteiger partial charge in [0.2, 0.25) is 0 Å². The highest BCUT2D eigenvalue weighted by Gasteiger charge is 2.17. The SMILES string of the molecule is O=C(O)/C(=C/C1CCOCC1)c1ccc(-n2ccnn2)cc1. The molecule has 0 amide bonds. The number of hydrogen-bond acceptors (Lipinski definition) is 4. The Balaban J connectivity index is 1.85. The van der Waals surface area contributed by atoms with Crippen LogP contribution in [0.15, 0.2) is 42.7 Å². The number of carboxylic acids is 1. The van der Waals surface area contributed by atoms with Gasteiger partial charge in [-0.2, -0.15) is 0 Å². The van der Waals surface area contributed by atoms with Gasteiger partial charge in [0.15, 0.2) is 0 Å². The van der Waals surface area contributed by atoms with Crippen LogP contribution in [0.1, 0.15) is 18.4 Å². The monoisotopic (exact) mass is 299 g/mol. The molecule has 2 heterocycles. The summed E-state index contributed by atoms with van der Waals surface area (Å²) in [6, 6.07) is 7.28. The predicted molar refractivity (Wildman–Crippen MR) is 80.5 cm³/mol. The molecule has 1 fully saturated rings. The fraction of sp³-hybridized carbons (Fsp3) is 0.312. The highest BCUT2D eigenvalue weighted by molar-refractivity contribution is 6.15. The average molecular weight is 299 g/mol. The number of benzene rings is 1. The van der Waals surface area contributed by atoms with E-state index in [2.05, 4.69) is 10.3 Å². The maximum absolute atomic E-state index is 11.6. The largest absolute Gasteiger partial charge is 0.478 e. The zero-order valence-corrected chi connectivity index (χ0v) is 12.1. The molecule has 3 rings (SSSR count). The Kier molecular flexibility index (Phi) is 4.29. The van der Waals surface area contributed by atoms with E-state index in [1.165, 1.54) is 0 Å². The van der Waals surface area contributed by atoms with Crippen LogP contribution in [-0.4, -0.2) is 39.3 Å². The summed E-state index contributed by atoms with van der Waals surface area (Å²) in [5, 5.41) is 17.2. The van der Waals surface area contributed by atoms with Crippen LogP contribution in [0, 0.1) is 5.92 Å². The first kappa shape index (κ1) is 14.5. The summed E-state index contributed by atoms with van der Waals surface area (Å²) < 4.78 is 6.94. The predicted octanol–water partition coefficient (Wildman–Crippen LogP) is 2.16. The van der Waals surface area contributed by atoms with Gasteiger partial charge in [-0.05, 0) is 36.5 Å². The van der Waals surface area contributed by atoms with Crippen LogP contribution in [0.4, 0.5) is 0 Å². The molecular formula is C16H17N3O3. The summed E-state index contributed by atoms with van der Waals surface area (Å²) in [7, 11) is 0. The molecule has 1 aliphatic heterocycles. The van der Waals surface area contributed by atoms with E-state index in [1.807, 2.05) is 18.2 Å². The molecule has 6 nitrogen and oxygen atoms in total. The third-order valence-electron chi connectivity index (χ3n) is 3.76. The highest BCUT2D eigenvalue weighted by atomic mass is 16.5. The van der Waals surface area contributed by atoms with Crippen LogP contribution in [0.5, 0.6) is 0 Å². The first-order chi connectivity index (χ1) is 10.7. The lowest BCUT2D eigenvalue weighted by Crippen LogP contribution is -2.15. The summed E-state index contributed by atoms with van der Waals surface area (Å²) in [6.45, 7) is 1.39. The van der Waals surface area contributed by atoms with E-state index in [1.54, 1.807) is 29.2 Å². The van der Waals surface area contributed by atoms with Crippen molar-refractivity contribution in [2.45, 2.75) is 12.8 Å². The number of carboxylic acid groups (broad SMARTS) is 1. The Labute approximate surface area is 128 Å². The van der Waals surface area contributed by atoms with Gasteiger partial charge < -0.3 is 9.84 Å².